The van der Waals surface area contributed by atoms with Crippen LogP contribution in [0.25, 0.3) is 0 Å². The summed E-state index contributed by atoms with van der Waals surface area (Å²) in [5.41, 5.74) is 0.661. The van der Waals surface area contributed by atoms with Crippen LogP contribution in [0.5, 0.6) is 0 Å². The van der Waals surface area contributed by atoms with Gasteiger partial charge in [-0.15, -0.1) is 0 Å². The minimum absolute atomic E-state index is 0.0390. The summed E-state index contributed by atoms with van der Waals surface area (Å²) in [5, 5.41) is 0. The van der Waals surface area contributed by atoms with Crippen LogP contribution in [-0.2, 0) is 15.1 Å². The van der Waals surface area contributed by atoms with Gasteiger partial charge in [0.1, 0.15) is 5.60 Å². The maximum atomic E-state index is 12.5. The quantitative estimate of drug-likeness (QED) is 0.590. The maximum absolute atomic E-state index is 12.5. The van der Waals surface area contributed by atoms with Crippen molar-refractivity contribution in [3.05, 3.63) is 35.9 Å². The molecular formula is C21H32O2. The number of esters is 1. The van der Waals surface area contributed by atoms with E-state index in [1.807, 2.05) is 18.2 Å². The molecule has 0 saturated heterocycles. The lowest BCUT2D eigenvalue weighted by molar-refractivity contribution is -0.168. The van der Waals surface area contributed by atoms with Gasteiger partial charge in [0.2, 0.25) is 0 Å². The van der Waals surface area contributed by atoms with Gasteiger partial charge in [-0.05, 0) is 31.2 Å². The first kappa shape index (κ1) is 18.0. The summed E-state index contributed by atoms with van der Waals surface area (Å²) in [4.78, 5) is 12.5. The lowest BCUT2D eigenvalue weighted by Crippen LogP contribution is -2.38. The lowest BCUT2D eigenvalue weighted by atomic mass is 9.74. The molecule has 1 aromatic carbocycles. The molecule has 2 atom stereocenters. The van der Waals surface area contributed by atoms with Crippen molar-refractivity contribution < 1.29 is 9.53 Å². The average Bonchev–Trinajstić information content (AvgIpc) is 2.56. The summed E-state index contributed by atoms with van der Waals surface area (Å²) < 4.78 is 6.14. The second-order valence-corrected chi connectivity index (χ2v) is 7.38. The Morgan fingerprint density at radius 1 is 1.22 bits per heavy atom. The van der Waals surface area contributed by atoms with Crippen molar-refractivity contribution in [3.8, 4) is 0 Å². The Morgan fingerprint density at radius 3 is 2.48 bits per heavy atom. The van der Waals surface area contributed by atoms with Gasteiger partial charge >= 0.3 is 5.97 Å². The third kappa shape index (κ3) is 4.83. The van der Waals surface area contributed by atoms with Crippen molar-refractivity contribution in [2.24, 2.45) is 11.8 Å². The van der Waals surface area contributed by atoms with Crippen LogP contribution >= 0.6 is 0 Å². The number of carbonyl (C=O) groups is 1. The van der Waals surface area contributed by atoms with Gasteiger partial charge in [0.25, 0.3) is 0 Å². The van der Waals surface area contributed by atoms with Gasteiger partial charge in [-0.2, -0.15) is 0 Å². The summed E-state index contributed by atoms with van der Waals surface area (Å²) in [7, 11) is 0. The first-order valence-corrected chi connectivity index (χ1v) is 9.33. The standard InChI is InChI=1S/C21H32O2/c1-4-11-17(2)16-20(22)23-21(3,18-12-7-5-8-13-18)19-14-9-6-10-15-19/h5,7-8,12-13,17,19H,4,6,9-11,14-16H2,1-3H3. The Kier molecular flexibility index (Phi) is 6.68. The molecule has 0 N–H and O–H groups in total. The van der Waals surface area contributed by atoms with E-state index in [4.69, 9.17) is 4.74 Å². The van der Waals surface area contributed by atoms with E-state index in [0.717, 1.165) is 31.2 Å². The molecule has 0 amide bonds. The van der Waals surface area contributed by atoms with Crippen LogP contribution < -0.4 is 0 Å². The predicted octanol–water partition coefficient (Wildman–Crippen LogP) is 5.85. The van der Waals surface area contributed by atoms with E-state index in [1.54, 1.807) is 0 Å². The van der Waals surface area contributed by atoms with Gasteiger partial charge in [0.15, 0.2) is 0 Å². The molecule has 2 heteroatoms. The van der Waals surface area contributed by atoms with Gasteiger partial charge in [0, 0.05) is 12.3 Å². The molecule has 1 fully saturated rings. The summed E-state index contributed by atoms with van der Waals surface area (Å²) in [6.07, 6.45) is 8.85. The van der Waals surface area contributed by atoms with Crippen molar-refractivity contribution in [3.63, 3.8) is 0 Å². The monoisotopic (exact) mass is 316 g/mol. The van der Waals surface area contributed by atoms with Gasteiger partial charge in [-0.25, -0.2) is 0 Å². The van der Waals surface area contributed by atoms with Crippen LogP contribution in [0, 0.1) is 11.8 Å². The molecule has 2 nitrogen and oxygen atoms in total. The van der Waals surface area contributed by atoms with Gasteiger partial charge in [-0.3, -0.25) is 4.79 Å². The number of ether oxygens (including phenoxy) is 1. The van der Waals surface area contributed by atoms with Crippen molar-refractivity contribution in [2.45, 2.75) is 77.7 Å². The highest BCUT2D eigenvalue weighted by atomic mass is 16.6. The number of carbonyl (C=O) groups excluding carboxylic acids is 1. The highest BCUT2D eigenvalue weighted by molar-refractivity contribution is 5.70. The minimum Gasteiger partial charge on any atom is -0.454 e. The molecule has 1 saturated carbocycles. The zero-order valence-electron chi connectivity index (χ0n) is 15.0. The smallest absolute Gasteiger partial charge is 0.306 e. The number of hydrogen-bond acceptors (Lipinski definition) is 2. The van der Waals surface area contributed by atoms with E-state index in [1.165, 1.54) is 19.3 Å². The van der Waals surface area contributed by atoms with Crippen molar-refractivity contribution in [1.29, 1.82) is 0 Å². The zero-order valence-corrected chi connectivity index (χ0v) is 15.0. The summed E-state index contributed by atoms with van der Waals surface area (Å²) >= 11 is 0. The van der Waals surface area contributed by atoms with Crippen LogP contribution in [0.4, 0.5) is 0 Å². The van der Waals surface area contributed by atoms with Crippen LogP contribution in [0.1, 0.15) is 77.7 Å². The fourth-order valence-corrected chi connectivity index (χ4v) is 3.96. The van der Waals surface area contributed by atoms with Crippen LogP contribution in [0.2, 0.25) is 0 Å². The third-order valence-corrected chi connectivity index (χ3v) is 5.35. The summed E-state index contributed by atoms with van der Waals surface area (Å²) in [6.45, 7) is 6.43. The Hall–Kier alpha value is -1.31. The number of rotatable bonds is 7. The van der Waals surface area contributed by atoms with E-state index in [2.05, 4.69) is 32.9 Å². The van der Waals surface area contributed by atoms with Crippen molar-refractivity contribution in [1.82, 2.24) is 0 Å². The molecule has 23 heavy (non-hydrogen) atoms. The van der Waals surface area contributed by atoms with E-state index >= 15 is 0 Å². The molecule has 1 aromatic rings. The largest absolute Gasteiger partial charge is 0.454 e. The van der Waals surface area contributed by atoms with Crippen molar-refractivity contribution >= 4 is 5.97 Å². The second kappa shape index (κ2) is 8.52. The lowest BCUT2D eigenvalue weighted by Gasteiger charge is -2.40. The fourth-order valence-electron chi connectivity index (χ4n) is 3.96. The number of hydrogen-bond donors (Lipinski definition) is 0. The molecule has 1 aliphatic rings. The summed E-state index contributed by atoms with van der Waals surface area (Å²) in [5.74, 6) is 0.797. The highest BCUT2D eigenvalue weighted by Crippen LogP contribution is 2.42. The normalized spacial score (nSPS) is 19.8. The second-order valence-electron chi connectivity index (χ2n) is 7.38. The molecule has 2 unspecified atom stereocenters. The first-order valence-electron chi connectivity index (χ1n) is 9.33. The highest BCUT2D eigenvalue weighted by Gasteiger charge is 2.40. The van der Waals surface area contributed by atoms with E-state index in [-0.39, 0.29) is 5.97 Å². The SMILES string of the molecule is CCCC(C)CC(=O)OC(C)(c1ccccc1)C1CCCCC1. The number of benzene rings is 1. The minimum atomic E-state index is -0.481. The zero-order chi connectivity index (χ0) is 16.7. The van der Waals surface area contributed by atoms with Crippen LogP contribution in [-0.4, -0.2) is 5.97 Å². The molecule has 2 rings (SSSR count). The van der Waals surface area contributed by atoms with Crippen LogP contribution in [0.15, 0.2) is 30.3 Å². The molecule has 0 aliphatic heterocycles. The fraction of sp³-hybridized carbons (Fsp3) is 0.667. The Labute approximate surface area is 141 Å². The maximum Gasteiger partial charge on any atom is 0.306 e. The molecular weight excluding hydrogens is 284 g/mol. The predicted molar refractivity (Wildman–Crippen MR) is 95.2 cm³/mol. The van der Waals surface area contributed by atoms with Gasteiger partial charge < -0.3 is 4.74 Å². The first-order chi connectivity index (χ1) is 11.1. The third-order valence-electron chi connectivity index (χ3n) is 5.35. The Morgan fingerprint density at radius 2 is 1.87 bits per heavy atom. The molecule has 0 bridgehead atoms. The van der Waals surface area contributed by atoms with E-state index in [9.17, 15) is 4.79 Å². The Balaban J connectivity index is 2.15. The van der Waals surface area contributed by atoms with E-state index in [0.29, 0.717) is 18.3 Å². The summed E-state index contributed by atoms with van der Waals surface area (Å²) in [6, 6.07) is 10.3. The molecule has 128 valence electrons. The molecule has 0 aromatic heterocycles. The van der Waals surface area contributed by atoms with Crippen molar-refractivity contribution in [2.75, 3.05) is 0 Å². The molecule has 0 spiro atoms. The average molecular weight is 316 g/mol. The molecule has 0 radical (unpaired) electrons. The topological polar surface area (TPSA) is 26.3 Å². The Bertz CT molecular complexity index is 476. The van der Waals surface area contributed by atoms with Gasteiger partial charge in [0.05, 0.1) is 0 Å². The van der Waals surface area contributed by atoms with Gasteiger partial charge in [-0.1, -0.05) is 76.3 Å². The molecule has 0 heterocycles. The van der Waals surface area contributed by atoms with E-state index < -0.39 is 5.60 Å². The molecule has 1 aliphatic carbocycles. The van der Waals surface area contributed by atoms with Crippen LogP contribution in [0.3, 0.4) is 0 Å².